The zero-order valence-electron chi connectivity index (χ0n) is 19.7. The highest BCUT2D eigenvalue weighted by molar-refractivity contribution is 5.95. The largest absolute Gasteiger partial charge is 0.385 e. The maximum atomic E-state index is 13.3. The maximum absolute atomic E-state index is 13.3. The van der Waals surface area contributed by atoms with Crippen LogP contribution in [0.15, 0.2) is 42.5 Å². The molecule has 0 aromatic heterocycles. The van der Waals surface area contributed by atoms with Crippen LogP contribution in [0.3, 0.4) is 0 Å². The van der Waals surface area contributed by atoms with Crippen LogP contribution in [0.4, 0.5) is 5.69 Å². The van der Waals surface area contributed by atoms with Crippen molar-refractivity contribution in [1.29, 1.82) is 0 Å². The van der Waals surface area contributed by atoms with Gasteiger partial charge in [-0.15, -0.1) is 0 Å². The van der Waals surface area contributed by atoms with Crippen LogP contribution in [0.2, 0.25) is 0 Å². The van der Waals surface area contributed by atoms with Crippen LogP contribution < -0.4 is 5.32 Å². The predicted octanol–water partition coefficient (Wildman–Crippen LogP) is 3.54. The quantitative estimate of drug-likeness (QED) is 0.755. The predicted molar refractivity (Wildman–Crippen MR) is 129 cm³/mol. The van der Waals surface area contributed by atoms with Gasteiger partial charge in [0, 0.05) is 43.0 Å². The molecule has 6 nitrogen and oxygen atoms in total. The molecule has 1 saturated carbocycles. The summed E-state index contributed by atoms with van der Waals surface area (Å²) in [6.45, 7) is 8.11. The Kier molecular flexibility index (Phi) is 5.44. The lowest BCUT2D eigenvalue weighted by molar-refractivity contribution is -0.146. The van der Waals surface area contributed by atoms with Crippen LogP contribution in [-0.4, -0.2) is 64.0 Å². The van der Waals surface area contributed by atoms with Crippen molar-refractivity contribution in [2.24, 2.45) is 5.92 Å². The highest BCUT2D eigenvalue weighted by Crippen LogP contribution is 2.38. The average Bonchev–Trinajstić information content (AvgIpc) is 3.56. The van der Waals surface area contributed by atoms with Crippen LogP contribution in [0.5, 0.6) is 0 Å². The monoisotopic (exact) mass is 447 g/mol. The lowest BCUT2D eigenvalue weighted by Crippen LogP contribution is -2.61. The van der Waals surface area contributed by atoms with Crippen molar-refractivity contribution in [2.45, 2.75) is 57.7 Å². The molecule has 2 fully saturated rings. The molecule has 3 atom stereocenters. The second kappa shape index (κ2) is 8.17. The van der Waals surface area contributed by atoms with Gasteiger partial charge in [0.1, 0.15) is 5.60 Å². The maximum Gasteiger partial charge on any atom is 0.254 e. The number of anilines is 1. The van der Waals surface area contributed by atoms with Gasteiger partial charge >= 0.3 is 0 Å². The van der Waals surface area contributed by atoms with Crippen molar-refractivity contribution >= 4 is 17.5 Å². The molecule has 3 aliphatic rings. The molecule has 1 aliphatic carbocycles. The van der Waals surface area contributed by atoms with Gasteiger partial charge in [-0.25, -0.2) is 0 Å². The minimum Gasteiger partial charge on any atom is -0.385 e. The third-order valence-corrected chi connectivity index (χ3v) is 7.35. The number of nitrogens with one attached hydrogen (secondary N) is 1. The molecular weight excluding hydrogens is 414 g/mol. The molecule has 2 aliphatic heterocycles. The Morgan fingerprint density at radius 2 is 1.61 bits per heavy atom. The van der Waals surface area contributed by atoms with Crippen LogP contribution in [0.25, 0.3) is 11.1 Å². The molecule has 1 saturated heterocycles. The first-order valence-electron chi connectivity index (χ1n) is 12.1. The summed E-state index contributed by atoms with van der Waals surface area (Å²) in [5.41, 5.74) is 4.29. The first-order valence-corrected chi connectivity index (χ1v) is 12.1. The van der Waals surface area contributed by atoms with Gasteiger partial charge < -0.3 is 20.2 Å². The van der Waals surface area contributed by atoms with E-state index in [4.69, 9.17) is 0 Å². The third-order valence-electron chi connectivity index (χ3n) is 7.35. The van der Waals surface area contributed by atoms with Crippen LogP contribution >= 0.6 is 0 Å². The number of benzene rings is 2. The number of carbonyl (C=O) groups is 2. The molecule has 2 amide bonds. The smallest absolute Gasteiger partial charge is 0.254 e. The molecule has 2 aromatic carbocycles. The summed E-state index contributed by atoms with van der Waals surface area (Å²) in [7, 11) is 0. The van der Waals surface area contributed by atoms with Crippen molar-refractivity contribution in [1.82, 2.24) is 9.80 Å². The number of hydrogen-bond donors (Lipinski definition) is 2. The van der Waals surface area contributed by atoms with E-state index in [0.29, 0.717) is 37.4 Å². The number of amides is 2. The fraction of sp³-hybridized carbons (Fsp3) is 0.481. The molecule has 174 valence electrons. The normalized spacial score (nSPS) is 25.8. The standard InChI is InChI=1S/C27H33N3O3/c1-17-12-23-9-8-22(13-24(23)28-14-17)20-4-6-21(7-5-20)25(31)30-18(2)15-29(16-19(30)3)26(32)27(33)10-11-27/h4-9,13,17-19,28,33H,10-12,14-16H2,1-3H3. The highest BCUT2D eigenvalue weighted by atomic mass is 16.3. The number of hydrogen-bond acceptors (Lipinski definition) is 4. The summed E-state index contributed by atoms with van der Waals surface area (Å²) in [6, 6.07) is 14.2. The summed E-state index contributed by atoms with van der Waals surface area (Å²) in [5, 5.41) is 13.7. The Balaban J connectivity index is 1.29. The molecular formula is C27H33N3O3. The average molecular weight is 448 g/mol. The second-order valence-electron chi connectivity index (χ2n) is 10.3. The highest BCUT2D eigenvalue weighted by Gasteiger charge is 2.51. The summed E-state index contributed by atoms with van der Waals surface area (Å²) in [5.74, 6) is 0.448. The van der Waals surface area contributed by atoms with E-state index in [-0.39, 0.29) is 23.9 Å². The van der Waals surface area contributed by atoms with Gasteiger partial charge in [0.25, 0.3) is 11.8 Å². The summed E-state index contributed by atoms with van der Waals surface area (Å²) < 4.78 is 0. The van der Waals surface area contributed by atoms with Gasteiger partial charge in [0.2, 0.25) is 0 Å². The van der Waals surface area contributed by atoms with E-state index in [0.717, 1.165) is 24.1 Å². The summed E-state index contributed by atoms with van der Waals surface area (Å²) >= 11 is 0. The number of carbonyl (C=O) groups excluding carboxylic acids is 2. The Morgan fingerprint density at radius 1 is 0.970 bits per heavy atom. The van der Waals surface area contributed by atoms with Crippen molar-refractivity contribution in [3.63, 3.8) is 0 Å². The number of piperazine rings is 1. The number of fused-ring (bicyclic) bond motifs is 1. The van der Waals surface area contributed by atoms with E-state index >= 15 is 0 Å². The van der Waals surface area contributed by atoms with E-state index in [2.05, 4.69) is 30.4 Å². The Bertz CT molecular complexity index is 1060. The molecule has 0 spiro atoms. The Hall–Kier alpha value is -2.86. The minimum absolute atomic E-state index is 0.0140. The molecule has 33 heavy (non-hydrogen) atoms. The van der Waals surface area contributed by atoms with Crippen LogP contribution in [0.1, 0.15) is 49.5 Å². The number of nitrogens with zero attached hydrogens (tertiary/aromatic N) is 2. The van der Waals surface area contributed by atoms with E-state index in [9.17, 15) is 14.7 Å². The Labute approximate surface area is 195 Å². The molecule has 0 bridgehead atoms. The SMILES string of the molecule is CC1CNc2cc(-c3ccc(C(=O)N4C(C)CN(C(=O)C5(O)CC5)CC4C)cc3)ccc2C1. The minimum atomic E-state index is -1.16. The molecule has 5 rings (SSSR count). The second-order valence-corrected chi connectivity index (χ2v) is 10.3. The van der Waals surface area contributed by atoms with Crippen molar-refractivity contribution in [3.8, 4) is 11.1 Å². The fourth-order valence-corrected chi connectivity index (χ4v) is 5.30. The van der Waals surface area contributed by atoms with Gasteiger partial charge in [-0.3, -0.25) is 9.59 Å². The zero-order chi connectivity index (χ0) is 23.3. The molecule has 2 N–H and O–H groups in total. The van der Waals surface area contributed by atoms with Gasteiger partial charge in [0.05, 0.1) is 0 Å². The van der Waals surface area contributed by atoms with E-state index < -0.39 is 5.60 Å². The third kappa shape index (κ3) is 4.12. The first kappa shape index (κ1) is 22.0. The van der Waals surface area contributed by atoms with E-state index in [1.165, 1.54) is 11.3 Å². The van der Waals surface area contributed by atoms with Crippen molar-refractivity contribution < 1.29 is 14.7 Å². The summed E-state index contributed by atoms with van der Waals surface area (Å²) in [6.07, 6.45) is 2.18. The van der Waals surface area contributed by atoms with Crippen LogP contribution in [-0.2, 0) is 11.2 Å². The lowest BCUT2D eigenvalue weighted by Gasteiger charge is -2.45. The van der Waals surface area contributed by atoms with Gasteiger partial charge in [-0.1, -0.05) is 31.2 Å². The molecule has 6 heteroatoms. The van der Waals surface area contributed by atoms with Crippen molar-refractivity contribution in [2.75, 3.05) is 25.0 Å². The van der Waals surface area contributed by atoms with Gasteiger partial charge in [0.15, 0.2) is 0 Å². The number of aliphatic hydroxyl groups is 1. The molecule has 0 radical (unpaired) electrons. The van der Waals surface area contributed by atoms with Gasteiger partial charge in [-0.05, 0) is 73.9 Å². The fourth-order valence-electron chi connectivity index (χ4n) is 5.30. The van der Waals surface area contributed by atoms with Gasteiger partial charge in [-0.2, -0.15) is 0 Å². The van der Waals surface area contributed by atoms with Crippen molar-refractivity contribution in [3.05, 3.63) is 53.6 Å². The van der Waals surface area contributed by atoms with E-state index in [1.807, 2.05) is 43.0 Å². The molecule has 2 aromatic rings. The summed E-state index contributed by atoms with van der Waals surface area (Å²) in [4.78, 5) is 29.5. The van der Waals surface area contributed by atoms with Crippen LogP contribution in [0, 0.1) is 5.92 Å². The lowest BCUT2D eigenvalue weighted by atomic mass is 9.93. The molecule has 2 heterocycles. The molecule has 3 unspecified atom stereocenters. The number of rotatable bonds is 3. The van der Waals surface area contributed by atoms with E-state index in [1.54, 1.807) is 4.90 Å². The zero-order valence-corrected chi connectivity index (χ0v) is 19.7. The first-order chi connectivity index (χ1) is 15.7. The topological polar surface area (TPSA) is 72.9 Å². The Morgan fingerprint density at radius 3 is 2.24 bits per heavy atom.